The smallest absolute Gasteiger partial charge is 0.318 e. The average molecular weight is 338 g/mol. The zero-order chi connectivity index (χ0) is 15.5. The van der Waals surface area contributed by atoms with Gasteiger partial charge in [0.15, 0.2) is 0 Å². The van der Waals surface area contributed by atoms with Gasteiger partial charge in [-0.3, -0.25) is 0 Å². The van der Waals surface area contributed by atoms with Crippen LogP contribution in [0.5, 0.6) is 0 Å². The summed E-state index contributed by atoms with van der Waals surface area (Å²) in [6.45, 7) is 1.91. The summed E-state index contributed by atoms with van der Waals surface area (Å²) in [6, 6.07) is 11.5. The second-order valence-electron chi connectivity index (χ2n) is 5.19. The molecule has 4 nitrogen and oxygen atoms in total. The van der Waals surface area contributed by atoms with Crippen molar-refractivity contribution in [2.45, 2.75) is 12.6 Å². The third-order valence-corrected chi connectivity index (χ3v) is 4.30. The number of nitrogens with zero attached hydrogens (tertiary/aromatic N) is 2. The van der Waals surface area contributed by atoms with Gasteiger partial charge < -0.3 is 14.8 Å². The molecule has 0 bridgehead atoms. The van der Waals surface area contributed by atoms with Crippen LogP contribution in [-0.4, -0.2) is 34.5 Å². The number of urea groups is 1. The molecule has 22 heavy (non-hydrogen) atoms. The van der Waals surface area contributed by atoms with Crippen molar-refractivity contribution in [3.05, 3.63) is 58.9 Å². The third kappa shape index (κ3) is 2.94. The largest absolute Gasteiger partial charge is 0.348 e. The SMILES string of the molecule is O=C(NCCCl)N1CCn2cccc2C1c1ccc(Cl)cc1. The number of aromatic nitrogens is 1. The number of rotatable bonds is 3. The van der Waals surface area contributed by atoms with Crippen molar-refractivity contribution < 1.29 is 4.79 Å². The molecule has 1 aromatic heterocycles. The lowest BCUT2D eigenvalue weighted by Crippen LogP contribution is -2.47. The highest BCUT2D eigenvalue weighted by molar-refractivity contribution is 6.30. The molecule has 116 valence electrons. The summed E-state index contributed by atoms with van der Waals surface area (Å²) >= 11 is 11.7. The third-order valence-electron chi connectivity index (χ3n) is 3.86. The summed E-state index contributed by atoms with van der Waals surface area (Å²) in [4.78, 5) is 14.3. The molecular weight excluding hydrogens is 321 g/mol. The number of fused-ring (bicyclic) bond motifs is 1. The quantitative estimate of drug-likeness (QED) is 0.855. The van der Waals surface area contributed by atoms with Gasteiger partial charge in [-0.1, -0.05) is 23.7 Å². The van der Waals surface area contributed by atoms with E-state index in [0.717, 1.165) is 17.8 Å². The normalized spacial score (nSPS) is 17.2. The minimum absolute atomic E-state index is 0.0898. The molecule has 0 spiro atoms. The van der Waals surface area contributed by atoms with Crippen molar-refractivity contribution in [2.24, 2.45) is 0 Å². The Kier molecular flexibility index (Phi) is 4.60. The standard InChI is InChI=1S/C16H17Cl2N3O/c17-7-8-19-16(22)21-11-10-20-9-1-2-14(20)15(21)12-3-5-13(18)6-4-12/h1-6,9,15H,7-8,10-11H2,(H,19,22). The number of hydrogen-bond donors (Lipinski definition) is 1. The molecule has 1 aliphatic heterocycles. The molecule has 2 aromatic rings. The van der Waals surface area contributed by atoms with Crippen molar-refractivity contribution in [1.29, 1.82) is 0 Å². The molecule has 6 heteroatoms. The zero-order valence-electron chi connectivity index (χ0n) is 12.0. The molecule has 1 aromatic carbocycles. The van der Waals surface area contributed by atoms with E-state index in [1.54, 1.807) is 0 Å². The van der Waals surface area contributed by atoms with Gasteiger partial charge in [-0.2, -0.15) is 0 Å². The molecule has 0 radical (unpaired) electrons. The molecule has 1 unspecified atom stereocenters. The predicted octanol–water partition coefficient (Wildman–Crippen LogP) is 3.49. The number of amides is 2. The highest BCUT2D eigenvalue weighted by Crippen LogP contribution is 2.32. The lowest BCUT2D eigenvalue weighted by atomic mass is 10.0. The highest BCUT2D eigenvalue weighted by atomic mass is 35.5. The predicted molar refractivity (Wildman–Crippen MR) is 88.6 cm³/mol. The van der Waals surface area contributed by atoms with Crippen molar-refractivity contribution in [3.8, 4) is 0 Å². The Balaban J connectivity index is 1.95. The Labute approximate surface area is 139 Å². The maximum Gasteiger partial charge on any atom is 0.318 e. The molecular formula is C16H17Cl2N3O. The fourth-order valence-electron chi connectivity index (χ4n) is 2.85. The molecule has 1 aliphatic rings. The van der Waals surface area contributed by atoms with Crippen molar-refractivity contribution in [1.82, 2.24) is 14.8 Å². The van der Waals surface area contributed by atoms with Crippen LogP contribution in [0.4, 0.5) is 4.79 Å². The monoisotopic (exact) mass is 337 g/mol. The zero-order valence-corrected chi connectivity index (χ0v) is 13.5. The van der Waals surface area contributed by atoms with Crippen LogP contribution in [0.25, 0.3) is 0 Å². The molecule has 2 amide bonds. The summed E-state index contributed by atoms with van der Waals surface area (Å²) in [6.07, 6.45) is 2.05. The highest BCUT2D eigenvalue weighted by Gasteiger charge is 2.31. The Hall–Kier alpha value is -1.65. The first-order chi connectivity index (χ1) is 10.7. The summed E-state index contributed by atoms with van der Waals surface area (Å²) in [7, 11) is 0. The molecule has 0 aliphatic carbocycles. The maximum atomic E-state index is 12.5. The van der Waals surface area contributed by atoms with Gasteiger partial charge in [-0.25, -0.2) is 4.79 Å². The van der Waals surface area contributed by atoms with E-state index in [1.165, 1.54) is 0 Å². The van der Waals surface area contributed by atoms with Crippen LogP contribution < -0.4 is 5.32 Å². The van der Waals surface area contributed by atoms with Crippen LogP contribution in [-0.2, 0) is 6.54 Å². The number of halogens is 2. The number of carbonyl (C=O) groups is 1. The summed E-state index contributed by atoms with van der Waals surface area (Å²) < 4.78 is 2.19. The Bertz CT molecular complexity index is 654. The van der Waals surface area contributed by atoms with E-state index in [-0.39, 0.29) is 12.1 Å². The fourth-order valence-corrected chi connectivity index (χ4v) is 3.07. The lowest BCUT2D eigenvalue weighted by Gasteiger charge is -2.37. The topological polar surface area (TPSA) is 37.3 Å². The van der Waals surface area contributed by atoms with Crippen LogP contribution in [0.3, 0.4) is 0 Å². The second-order valence-corrected chi connectivity index (χ2v) is 6.01. The number of carbonyl (C=O) groups excluding carboxylic acids is 1. The fraction of sp³-hybridized carbons (Fsp3) is 0.312. The minimum atomic E-state index is -0.114. The van der Waals surface area contributed by atoms with Crippen LogP contribution in [0.1, 0.15) is 17.3 Å². The summed E-state index contributed by atoms with van der Waals surface area (Å²) in [5.74, 6) is 0.404. The van der Waals surface area contributed by atoms with Crippen molar-refractivity contribution in [3.63, 3.8) is 0 Å². The van der Waals surface area contributed by atoms with E-state index in [2.05, 4.69) is 16.0 Å². The van der Waals surface area contributed by atoms with Gasteiger partial charge in [0.1, 0.15) is 0 Å². The minimum Gasteiger partial charge on any atom is -0.348 e. The van der Waals surface area contributed by atoms with Gasteiger partial charge >= 0.3 is 6.03 Å². The van der Waals surface area contributed by atoms with Gasteiger partial charge in [0.2, 0.25) is 0 Å². The first kappa shape index (κ1) is 15.3. The Morgan fingerprint density at radius 2 is 2.00 bits per heavy atom. The number of hydrogen-bond acceptors (Lipinski definition) is 1. The summed E-state index contributed by atoms with van der Waals surface area (Å²) in [5, 5.41) is 3.54. The van der Waals surface area contributed by atoms with Crippen molar-refractivity contribution in [2.75, 3.05) is 19.0 Å². The Morgan fingerprint density at radius 1 is 1.23 bits per heavy atom. The van der Waals surface area contributed by atoms with E-state index in [4.69, 9.17) is 23.2 Å². The van der Waals surface area contributed by atoms with Gasteiger partial charge in [-0.05, 0) is 29.8 Å². The van der Waals surface area contributed by atoms with Crippen LogP contribution in [0, 0.1) is 0 Å². The van der Waals surface area contributed by atoms with Gasteiger partial charge in [0, 0.05) is 42.4 Å². The number of nitrogens with one attached hydrogen (secondary N) is 1. The number of alkyl halides is 1. The molecule has 1 atom stereocenters. The average Bonchev–Trinajstić information content (AvgIpc) is 3.01. The molecule has 0 saturated carbocycles. The van der Waals surface area contributed by atoms with E-state index < -0.39 is 0 Å². The van der Waals surface area contributed by atoms with Gasteiger partial charge in [0.25, 0.3) is 0 Å². The first-order valence-corrected chi connectivity index (χ1v) is 8.13. The number of benzene rings is 1. The van der Waals surface area contributed by atoms with Crippen LogP contribution in [0.2, 0.25) is 5.02 Å². The summed E-state index contributed by atoms with van der Waals surface area (Å²) in [5.41, 5.74) is 2.15. The Morgan fingerprint density at radius 3 is 2.73 bits per heavy atom. The molecule has 3 rings (SSSR count). The molecule has 0 saturated heterocycles. The molecule has 0 fully saturated rings. The second kappa shape index (κ2) is 6.63. The van der Waals surface area contributed by atoms with Crippen LogP contribution in [0.15, 0.2) is 42.6 Å². The lowest BCUT2D eigenvalue weighted by molar-refractivity contribution is 0.169. The van der Waals surface area contributed by atoms with E-state index >= 15 is 0 Å². The first-order valence-electron chi connectivity index (χ1n) is 7.21. The van der Waals surface area contributed by atoms with Gasteiger partial charge in [0.05, 0.1) is 6.04 Å². The maximum absolute atomic E-state index is 12.5. The van der Waals surface area contributed by atoms with E-state index in [1.807, 2.05) is 41.4 Å². The molecule has 2 heterocycles. The van der Waals surface area contributed by atoms with E-state index in [0.29, 0.717) is 24.0 Å². The van der Waals surface area contributed by atoms with Gasteiger partial charge in [-0.15, -0.1) is 11.6 Å². The van der Waals surface area contributed by atoms with E-state index in [9.17, 15) is 4.79 Å². The molecule has 1 N–H and O–H groups in total. The van der Waals surface area contributed by atoms with Crippen molar-refractivity contribution >= 4 is 29.2 Å². The van der Waals surface area contributed by atoms with Crippen LogP contribution >= 0.6 is 23.2 Å².